The van der Waals surface area contributed by atoms with Gasteiger partial charge in [0.1, 0.15) is 0 Å². The second kappa shape index (κ2) is 5.88. The summed E-state index contributed by atoms with van der Waals surface area (Å²) in [7, 11) is 0. The number of hydrogen-bond donors (Lipinski definition) is 1. The van der Waals surface area contributed by atoms with Crippen molar-refractivity contribution >= 4 is 17.0 Å². The Morgan fingerprint density at radius 1 is 1.29 bits per heavy atom. The Morgan fingerprint density at radius 3 is 2.67 bits per heavy atom. The molecule has 0 atom stereocenters. The third kappa shape index (κ3) is 2.94. The molecule has 4 heteroatoms. The highest BCUT2D eigenvalue weighted by Crippen LogP contribution is 2.32. The van der Waals surface area contributed by atoms with Crippen LogP contribution in [0.25, 0.3) is 11.0 Å². The van der Waals surface area contributed by atoms with Gasteiger partial charge in [-0.25, -0.2) is 9.78 Å². The molecule has 0 spiro atoms. The smallest absolute Gasteiger partial charge is 0.335 e. The minimum atomic E-state index is -0.899. The van der Waals surface area contributed by atoms with E-state index in [1.54, 1.807) is 12.1 Å². The van der Waals surface area contributed by atoms with Crippen LogP contribution in [0.5, 0.6) is 0 Å². The van der Waals surface area contributed by atoms with Gasteiger partial charge in [0.25, 0.3) is 0 Å². The van der Waals surface area contributed by atoms with Crippen molar-refractivity contribution in [1.29, 1.82) is 0 Å². The van der Waals surface area contributed by atoms with Crippen molar-refractivity contribution in [3.05, 3.63) is 30.1 Å². The van der Waals surface area contributed by atoms with Crippen LogP contribution in [0.4, 0.5) is 0 Å². The van der Waals surface area contributed by atoms with Gasteiger partial charge in [0.15, 0.2) is 0 Å². The van der Waals surface area contributed by atoms with Crippen LogP contribution in [0.2, 0.25) is 0 Å². The molecule has 1 saturated carbocycles. The summed E-state index contributed by atoms with van der Waals surface area (Å²) < 4.78 is 2.18. The number of benzene rings is 1. The van der Waals surface area contributed by atoms with Crippen molar-refractivity contribution in [2.24, 2.45) is 11.8 Å². The zero-order valence-electron chi connectivity index (χ0n) is 12.5. The van der Waals surface area contributed by atoms with Crippen molar-refractivity contribution in [1.82, 2.24) is 9.55 Å². The van der Waals surface area contributed by atoms with Gasteiger partial charge >= 0.3 is 5.97 Å². The zero-order chi connectivity index (χ0) is 14.8. The number of aromatic carboxylic acids is 1. The SMILES string of the molecule is CCC1CCC(Cn2cnc3cc(C(=O)O)ccc32)CC1. The van der Waals surface area contributed by atoms with Crippen molar-refractivity contribution in [2.75, 3.05) is 0 Å². The fraction of sp³-hybridized carbons (Fsp3) is 0.529. The summed E-state index contributed by atoms with van der Waals surface area (Å²) in [5, 5.41) is 9.03. The minimum Gasteiger partial charge on any atom is -0.478 e. The monoisotopic (exact) mass is 286 g/mol. The molecule has 4 nitrogen and oxygen atoms in total. The Balaban J connectivity index is 1.74. The maximum atomic E-state index is 11.0. The fourth-order valence-corrected chi connectivity index (χ4v) is 3.44. The number of carboxylic acid groups (broad SMARTS) is 1. The Kier molecular flexibility index (Phi) is 3.95. The highest BCUT2D eigenvalue weighted by atomic mass is 16.4. The molecule has 2 aromatic rings. The number of carbonyl (C=O) groups is 1. The van der Waals surface area contributed by atoms with Crippen LogP contribution in [-0.2, 0) is 6.54 Å². The molecule has 0 saturated heterocycles. The van der Waals surface area contributed by atoms with E-state index >= 15 is 0 Å². The summed E-state index contributed by atoms with van der Waals surface area (Å²) in [4.78, 5) is 15.4. The van der Waals surface area contributed by atoms with E-state index < -0.39 is 5.97 Å². The van der Waals surface area contributed by atoms with E-state index in [4.69, 9.17) is 5.11 Å². The summed E-state index contributed by atoms with van der Waals surface area (Å²) in [6.45, 7) is 3.29. The van der Waals surface area contributed by atoms with E-state index in [-0.39, 0.29) is 0 Å². The van der Waals surface area contributed by atoms with Crippen molar-refractivity contribution < 1.29 is 9.90 Å². The Hall–Kier alpha value is -1.84. The molecular weight excluding hydrogens is 264 g/mol. The third-order valence-corrected chi connectivity index (χ3v) is 4.87. The lowest BCUT2D eigenvalue weighted by molar-refractivity contribution is 0.0697. The molecule has 0 radical (unpaired) electrons. The molecule has 1 N–H and O–H groups in total. The number of nitrogens with zero attached hydrogens (tertiary/aromatic N) is 2. The molecule has 3 rings (SSSR count). The van der Waals surface area contributed by atoms with Gasteiger partial charge in [-0.2, -0.15) is 0 Å². The van der Waals surface area contributed by atoms with Gasteiger partial charge in [0.2, 0.25) is 0 Å². The maximum absolute atomic E-state index is 11.0. The normalized spacial score (nSPS) is 22.5. The van der Waals surface area contributed by atoms with Gasteiger partial charge in [-0.1, -0.05) is 26.2 Å². The van der Waals surface area contributed by atoms with Crippen molar-refractivity contribution in [2.45, 2.75) is 45.6 Å². The van der Waals surface area contributed by atoms with E-state index in [0.29, 0.717) is 5.56 Å². The third-order valence-electron chi connectivity index (χ3n) is 4.87. The second-order valence-electron chi connectivity index (χ2n) is 6.20. The quantitative estimate of drug-likeness (QED) is 0.925. The van der Waals surface area contributed by atoms with Crippen LogP contribution in [0.15, 0.2) is 24.5 Å². The molecule has 1 aromatic heterocycles. The van der Waals surface area contributed by atoms with Gasteiger partial charge < -0.3 is 9.67 Å². The van der Waals surface area contributed by atoms with Gasteiger partial charge in [-0.15, -0.1) is 0 Å². The number of rotatable bonds is 4. The molecule has 0 aliphatic heterocycles. The standard InChI is InChI=1S/C17H22N2O2/c1-2-12-3-5-13(6-4-12)10-19-11-18-15-9-14(17(20)21)7-8-16(15)19/h7-9,11-13H,2-6,10H2,1H3,(H,20,21). The van der Waals surface area contributed by atoms with E-state index in [9.17, 15) is 4.79 Å². The average Bonchev–Trinajstić information content (AvgIpc) is 2.90. The molecule has 0 unspecified atom stereocenters. The van der Waals surface area contributed by atoms with Crippen LogP contribution in [0, 0.1) is 11.8 Å². The van der Waals surface area contributed by atoms with E-state index in [1.807, 2.05) is 12.4 Å². The number of carboxylic acids is 1. The number of fused-ring (bicyclic) bond motifs is 1. The fourth-order valence-electron chi connectivity index (χ4n) is 3.44. The van der Waals surface area contributed by atoms with Crippen LogP contribution in [-0.4, -0.2) is 20.6 Å². The van der Waals surface area contributed by atoms with Crippen LogP contribution in [0.3, 0.4) is 0 Å². The van der Waals surface area contributed by atoms with Crippen molar-refractivity contribution in [3.8, 4) is 0 Å². The van der Waals surface area contributed by atoms with E-state index in [0.717, 1.165) is 29.4 Å². The van der Waals surface area contributed by atoms with Gasteiger partial charge in [0.05, 0.1) is 22.9 Å². The minimum absolute atomic E-state index is 0.302. The highest BCUT2D eigenvalue weighted by Gasteiger charge is 2.20. The Morgan fingerprint density at radius 2 is 2.00 bits per heavy atom. The van der Waals surface area contributed by atoms with Gasteiger partial charge in [-0.3, -0.25) is 0 Å². The van der Waals surface area contributed by atoms with Crippen LogP contribution >= 0.6 is 0 Å². The summed E-state index contributed by atoms with van der Waals surface area (Å²) in [6, 6.07) is 5.20. The second-order valence-corrected chi connectivity index (χ2v) is 6.20. The van der Waals surface area contributed by atoms with Crippen molar-refractivity contribution in [3.63, 3.8) is 0 Å². The molecule has 1 aliphatic rings. The number of imidazole rings is 1. The molecule has 1 aromatic carbocycles. The largest absolute Gasteiger partial charge is 0.478 e. The molecule has 0 bridgehead atoms. The summed E-state index contributed by atoms with van der Waals surface area (Å²) >= 11 is 0. The Bertz CT molecular complexity index is 639. The lowest BCUT2D eigenvalue weighted by atomic mass is 9.81. The molecule has 1 aliphatic carbocycles. The van der Waals surface area contributed by atoms with Crippen LogP contribution in [0.1, 0.15) is 49.4 Å². The topological polar surface area (TPSA) is 55.1 Å². The number of hydrogen-bond acceptors (Lipinski definition) is 2. The maximum Gasteiger partial charge on any atom is 0.335 e. The van der Waals surface area contributed by atoms with Gasteiger partial charge in [0, 0.05) is 6.54 Å². The summed E-state index contributed by atoms with van der Waals surface area (Å²) in [5.41, 5.74) is 2.12. The first-order chi connectivity index (χ1) is 10.2. The Labute approximate surface area is 124 Å². The first-order valence-electron chi connectivity index (χ1n) is 7.85. The predicted octanol–water partition coefficient (Wildman–Crippen LogP) is 3.95. The zero-order valence-corrected chi connectivity index (χ0v) is 12.5. The molecule has 21 heavy (non-hydrogen) atoms. The highest BCUT2D eigenvalue weighted by molar-refractivity contribution is 5.92. The van der Waals surface area contributed by atoms with E-state index in [2.05, 4.69) is 16.5 Å². The molecular formula is C17H22N2O2. The first kappa shape index (κ1) is 14.1. The lowest BCUT2D eigenvalue weighted by Gasteiger charge is -2.28. The first-order valence-corrected chi connectivity index (χ1v) is 7.85. The molecule has 112 valence electrons. The lowest BCUT2D eigenvalue weighted by Crippen LogP contribution is -2.18. The predicted molar refractivity (Wildman–Crippen MR) is 82.4 cm³/mol. The molecule has 1 fully saturated rings. The average molecular weight is 286 g/mol. The van der Waals surface area contributed by atoms with Gasteiger partial charge in [-0.05, 0) is 42.9 Å². The van der Waals surface area contributed by atoms with Crippen LogP contribution < -0.4 is 0 Å². The summed E-state index contributed by atoms with van der Waals surface area (Å²) in [6.07, 6.45) is 8.44. The number of aromatic nitrogens is 2. The molecule has 1 heterocycles. The van der Waals surface area contributed by atoms with E-state index in [1.165, 1.54) is 32.1 Å². The molecule has 0 amide bonds. The summed E-state index contributed by atoms with van der Waals surface area (Å²) in [5.74, 6) is 0.743.